The second-order valence-corrected chi connectivity index (χ2v) is 4.97. The molecule has 0 aliphatic heterocycles. The van der Waals surface area contributed by atoms with Gasteiger partial charge in [-0.25, -0.2) is 9.78 Å². The summed E-state index contributed by atoms with van der Waals surface area (Å²) in [4.78, 5) is 30.3. The van der Waals surface area contributed by atoms with E-state index in [-0.39, 0.29) is 18.0 Å². The Morgan fingerprint density at radius 3 is 2.85 bits per heavy atom. The molecule has 6 nitrogen and oxygen atoms in total. The normalized spacial score (nSPS) is 10.2. The van der Waals surface area contributed by atoms with Gasteiger partial charge >= 0.3 is 5.97 Å². The monoisotopic (exact) mass is 291 g/mol. The largest absolute Gasteiger partial charge is 0.476 e. The molecule has 0 aliphatic carbocycles. The molecule has 2 aromatic heterocycles. The molecule has 0 bridgehead atoms. The Hall–Kier alpha value is -2.28. The summed E-state index contributed by atoms with van der Waals surface area (Å²) < 4.78 is 0. The van der Waals surface area contributed by atoms with E-state index in [4.69, 9.17) is 5.11 Å². The molecule has 0 aliphatic rings. The minimum atomic E-state index is -1.04. The Bertz CT molecular complexity index is 598. The van der Waals surface area contributed by atoms with Gasteiger partial charge in [-0.15, -0.1) is 11.3 Å². The number of thiazole rings is 1. The minimum Gasteiger partial charge on any atom is -0.476 e. The first kappa shape index (κ1) is 14.1. The third-order valence-corrected chi connectivity index (χ3v) is 3.41. The van der Waals surface area contributed by atoms with Crippen molar-refractivity contribution in [2.24, 2.45) is 0 Å². The summed E-state index contributed by atoms with van der Waals surface area (Å²) in [6.07, 6.45) is 2.40. The van der Waals surface area contributed by atoms with Crippen molar-refractivity contribution in [2.45, 2.75) is 12.8 Å². The molecule has 0 atom stereocenters. The van der Waals surface area contributed by atoms with Crippen LogP contribution in [0.3, 0.4) is 0 Å². The molecule has 0 saturated carbocycles. The van der Waals surface area contributed by atoms with E-state index < -0.39 is 5.97 Å². The number of rotatable bonds is 6. The van der Waals surface area contributed by atoms with Crippen LogP contribution in [0.25, 0.3) is 0 Å². The van der Waals surface area contributed by atoms with Crippen molar-refractivity contribution < 1.29 is 14.7 Å². The van der Waals surface area contributed by atoms with Crippen LogP contribution in [-0.2, 0) is 17.6 Å². The molecule has 0 fully saturated rings. The van der Waals surface area contributed by atoms with Crippen LogP contribution in [0, 0.1) is 0 Å². The van der Waals surface area contributed by atoms with Gasteiger partial charge in [0.25, 0.3) is 0 Å². The average molecular weight is 291 g/mol. The molecule has 0 spiro atoms. The number of pyridine rings is 1. The van der Waals surface area contributed by atoms with E-state index in [2.05, 4.69) is 15.3 Å². The van der Waals surface area contributed by atoms with E-state index in [0.717, 1.165) is 0 Å². The van der Waals surface area contributed by atoms with Gasteiger partial charge in [0.15, 0.2) is 5.69 Å². The number of aromatic nitrogens is 2. The topological polar surface area (TPSA) is 92.2 Å². The number of nitrogens with zero attached hydrogens (tertiary/aromatic N) is 2. The van der Waals surface area contributed by atoms with Crippen molar-refractivity contribution in [3.63, 3.8) is 0 Å². The van der Waals surface area contributed by atoms with Gasteiger partial charge in [0.05, 0.1) is 11.4 Å². The number of carboxylic acid groups (broad SMARTS) is 1. The lowest BCUT2D eigenvalue weighted by molar-refractivity contribution is -0.120. The van der Waals surface area contributed by atoms with Crippen LogP contribution in [0.5, 0.6) is 0 Å². The van der Waals surface area contributed by atoms with Gasteiger partial charge in [-0.1, -0.05) is 6.07 Å². The van der Waals surface area contributed by atoms with E-state index in [1.165, 1.54) is 16.7 Å². The van der Waals surface area contributed by atoms with E-state index in [1.807, 2.05) is 6.07 Å². The molecule has 2 aromatic rings. The molecule has 2 N–H and O–H groups in total. The number of carbonyl (C=O) groups excluding carboxylic acids is 1. The van der Waals surface area contributed by atoms with Crippen molar-refractivity contribution >= 4 is 23.2 Å². The quantitative estimate of drug-likeness (QED) is 0.832. The maximum atomic E-state index is 11.7. The summed E-state index contributed by atoms with van der Waals surface area (Å²) in [7, 11) is 0. The smallest absolute Gasteiger partial charge is 0.355 e. The predicted octanol–water partition coefficient (Wildman–Crippen LogP) is 1.14. The zero-order valence-electron chi connectivity index (χ0n) is 10.6. The molecule has 0 unspecified atom stereocenters. The fraction of sp³-hybridized carbons (Fsp3) is 0.231. The summed E-state index contributed by atoms with van der Waals surface area (Å²) in [5.41, 5.74) is 0.761. The summed E-state index contributed by atoms with van der Waals surface area (Å²) >= 11 is 1.28. The van der Waals surface area contributed by atoms with Crippen LogP contribution < -0.4 is 5.32 Å². The van der Waals surface area contributed by atoms with Crippen LogP contribution in [0.1, 0.15) is 21.2 Å². The molecule has 1 amide bonds. The number of carboxylic acids is 1. The molecule has 0 aromatic carbocycles. The molecule has 0 radical (unpaired) electrons. The zero-order chi connectivity index (χ0) is 14.4. The van der Waals surface area contributed by atoms with E-state index in [9.17, 15) is 9.59 Å². The number of nitrogens with one attached hydrogen (secondary N) is 1. The molecular formula is C13H13N3O3S. The highest BCUT2D eigenvalue weighted by Crippen LogP contribution is 2.09. The van der Waals surface area contributed by atoms with E-state index in [1.54, 1.807) is 18.3 Å². The second kappa shape index (κ2) is 6.76. The highest BCUT2D eigenvalue weighted by Gasteiger charge is 2.09. The third-order valence-electron chi connectivity index (χ3n) is 2.50. The molecular weight excluding hydrogens is 278 g/mol. The van der Waals surface area contributed by atoms with Gasteiger partial charge < -0.3 is 10.4 Å². The fourth-order valence-electron chi connectivity index (χ4n) is 1.56. The number of carbonyl (C=O) groups is 2. The zero-order valence-corrected chi connectivity index (χ0v) is 11.4. The lowest BCUT2D eigenvalue weighted by Crippen LogP contribution is -2.27. The highest BCUT2D eigenvalue weighted by atomic mass is 32.1. The molecule has 2 heterocycles. The standard InChI is InChI=1S/C13H13N3O3S/c17-11(7-9-3-1-2-5-14-9)15-6-4-12-16-10(8-20-12)13(18)19/h1-3,5,8H,4,6-7H2,(H,15,17)(H,18,19). The van der Waals surface area contributed by atoms with Gasteiger partial charge in [0.1, 0.15) is 0 Å². The van der Waals surface area contributed by atoms with Crippen LogP contribution in [0.4, 0.5) is 0 Å². The molecule has 20 heavy (non-hydrogen) atoms. The lowest BCUT2D eigenvalue weighted by Gasteiger charge is -2.03. The summed E-state index contributed by atoms with van der Waals surface area (Å²) in [5.74, 6) is -1.15. The summed E-state index contributed by atoms with van der Waals surface area (Å²) in [6, 6.07) is 5.42. The Balaban J connectivity index is 1.75. The van der Waals surface area contributed by atoms with E-state index in [0.29, 0.717) is 23.7 Å². The third kappa shape index (κ3) is 4.13. The van der Waals surface area contributed by atoms with Crippen molar-refractivity contribution in [1.82, 2.24) is 15.3 Å². The van der Waals surface area contributed by atoms with Gasteiger partial charge in [0, 0.05) is 30.2 Å². The van der Waals surface area contributed by atoms with Gasteiger partial charge in [-0.2, -0.15) is 0 Å². The Morgan fingerprint density at radius 1 is 1.35 bits per heavy atom. The van der Waals surface area contributed by atoms with E-state index >= 15 is 0 Å². The second-order valence-electron chi connectivity index (χ2n) is 4.03. The molecule has 7 heteroatoms. The van der Waals surface area contributed by atoms with Gasteiger partial charge in [-0.05, 0) is 12.1 Å². The van der Waals surface area contributed by atoms with Crippen LogP contribution in [0.2, 0.25) is 0 Å². The first-order valence-corrected chi connectivity index (χ1v) is 6.87. The predicted molar refractivity (Wildman–Crippen MR) is 73.7 cm³/mol. The molecule has 2 rings (SSSR count). The minimum absolute atomic E-state index is 0.0461. The Morgan fingerprint density at radius 2 is 2.20 bits per heavy atom. The van der Waals surface area contributed by atoms with Crippen LogP contribution >= 0.6 is 11.3 Å². The number of amides is 1. The Kier molecular flexibility index (Phi) is 4.78. The molecule has 0 saturated heterocycles. The summed E-state index contributed by atoms with van der Waals surface area (Å²) in [6.45, 7) is 0.429. The Labute approximate surface area is 119 Å². The number of hydrogen-bond acceptors (Lipinski definition) is 5. The lowest BCUT2D eigenvalue weighted by atomic mass is 10.2. The maximum absolute atomic E-state index is 11.7. The number of hydrogen-bond donors (Lipinski definition) is 2. The van der Waals surface area contributed by atoms with Crippen molar-refractivity contribution in [1.29, 1.82) is 0 Å². The van der Waals surface area contributed by atoms with Gasteiger partial charge in [0.2, 0.25) is 5.91 Å². The highest BCUT2D eigenvalue weighted by molar-refractivity contribution is 7.09. The first-order valence-electron chi connectivity index (χ1n) is 5.99. The van der Waals surface area contributed by atoms with Crippen molar-refractivity contribution in [3.8, 4) is 0 Å². The first-order chi connectivity index (χ1) is 9.65. The number of aromatic carboxylic acids is 1. The van der Waals surface area contributed by atoms with Gasteiger partial charge in [-0.3, -0.25) is 9.78 Å². The van der Waals surface area contributed by atoms with Crippen LogP contribution in [-0.4, -0.2) is 33.5 Å². The van der Waals surface area contributed by atoms with Crippen LogP contribution in [0.15, 0.2) is 29.8 Å². The average Bonchev–Trinajstić information content (AvgIpc) is 2.89. The summed E-state index contributed by atoms with van der Waals surface area (Å²) in [5, 5.41) is 13.7. The SMILES string of the molecule is O=C(Cc1ccccn1)NCCc1nc(C(=O)O)cs1. The van der Waals surface area contributed by atoms with Crippen molar-refractivity contribution in [3.05, 3.63) is 46.2 Å². The van der Waals surface area contributed by atoms with Crippen molar-refractivity contribution in [2.75, 3.05) is 6.54 Å². The molecule has 104 valence electrons. The maximum Gasteiger partial charge on any atom is 0.355 e. The fourth-order valence-corrected chi connectivity index (χ4v) is 2.33.